The molecule has 1 aliphatic heterocycles. The molecule has 1 aliphatic rings. The average molecular weight is 553 g/mol. The lowest BCUT2D eigenvalue weighted by atomic mass is 10.1. The van der Waals surface area contributed by atoms with Gasteiger partial charge in [-0.15, -0.1) is 0 Å². The Morgan fingerprint density at radius 1 is 0.718 bits per heavy atom. The Morgan fingerprint density at radius 3 is 1.92 bits per heavy atom. The maximum absolute atomic E-state index is 12.1. The molecule has 6 heteroatoms. The molecular formula is C33H60O6. The van der Waals surface area contributed by atoms with Gasteiger partial charge in [-0.2, -0.15) is 0 Å². The molecule has 0 radical (unpaired) electrons. The second-order valence-electron chi connectivity index (χ2n) is 11.3. The molecular weight excluding hydrogens is 492 g/mol. The number of esters is 2. The van der Waals surface area contributed by atoms with Gasteiger partial charge in [-0.05, 0) is 38.5 Å². The van der Waals surface area contributed by atoms with E-state index in [0.717, 1.165) is 57.8 Å². The van der Waals surface area contributed by atoms with Crippen LogP contribution in [0, 0.1) is 0 Å². The maximum atomic E-state index is 12.1. The molecule has 0 saturated carbocycles. The van der Waals surface area contributed by atoms with Crippen molar-refractivity contribution < 1.29 is 28.9 Å². The van der Waals surface area contributed by atoms with Crippen LogP contribution in [0.25, 0.3) is 0 Å². The third-order valence-corrected chi connectivity index (χ3v) is 7.48. The van der Waals surface area contributed by atoms with Crippen molar-refractivity contribution in [3.8, 4) is 0 Å². The van der Waals surface area contributed by atoms with Crippen LogP contribution in [0.15, 0.2) is 12.2 Å². The van der Waals surface area contributed by atoms with Gasteiger partial charge in [-0.1, -0.05) is 116 Å². The van der Waals surface area contributed by atoms with E-state index < -0.39 is 6.10 Å². The highest BCUT2D eigenvalue weighted by molar-refractivity contribution is 5.70. The molecule has 1 rings (SSSR count). The number of epoxide rings is 1. The van der Waals surface area contributed by atoms with Crippen LogP contribution in [-0.4, -0.2) is 48.6 Å². The Labute approximate surface area is 239 Å². The van der Waals surface area contributed by atoms with E-state index in [1.807, 2.05) is 0 Å². The van der Waals surface area contributed by atoms with Gasteiger partial charge in [0.1, 0.15) is 6.61 Å². The van der Waals surface area contributed by atoms with Crippen molar-refractivity contribution in [2.45, 2.75) is 173 Å². The van der Waals surface area contributed by atoms with Crippen LogP contribution in [0.1, 0.15) is 155 Å². The highest BCUT2D eigenvalue weighted by atomic mass is 16.6. The summed E-state index contributed by atoms with van der Waals surface area (Å²) in [6, 6.07) is 0. The number of carbonyl (C=O) groups is 2. The zero-order valence-electron chi connectivity index (χ0n) is 25.3. The molecule has 0 aliphatic carbocycles. The fraction of sp³-hybridized carbons (Fsp3) is 0.879. The van der Waals surface area contributed by atoms with Crippen molar-refractivity contribution in [3.63, 3.8) is 0 Å². The average Bonchev–Trinajstić information content (AvgIpc) is 3.69. The summed E-state index contributed by atoms with van der Waals surface area (Å²) in [4.78, 5) is 24.1. The summed E-state index contributed by atoms with van der Waals surface area (Å²) >= 11 is 0. The minimum Gasteiger partial charge on any atom is -0.462 e. The topological polar surface area (TPSA) is 85.4 Å². The lowest BCUT2D eigenvalue weighted by Crippen LogP contribution is -2.28. The molecule has 0 bridgehead atoms. The second-order valence-corrected chi connectivity index (χ2v) is 11.3. The highest BCUT2D eigenvalue weighted by Crippen LogP contribution is 2.30. The van der Waals surface area contributed by atoms with E-state index in [2.05, 4.69) is 26.0 Å². The summed E-state index contributed by atoms with van der Waals surface area (Å²) in [5.41, 5.74) is 0. The molecule has 6 nitrogen and oxygen atoms in total. The van der Waals surface area contributed by atoms with Crippen LogP contribution in [-0.2, 0) is 23.8 Å². The van der Waals surface area contributed by atoms with Crippen molar-refractivity contribution in [1.29, 1.82) is 0 Å². The van der Waals surface area contributed by atoms with E-state index in [1.54, 1.807) is 0 Å². The number of carbonyl (C=O) groups excluding carboxylic acids is 2. The number of hydrogen-bond acceptors (Lipinski definition) is 6. The van der Waals surface area contributed by atoms with Gasteiger partial charge in [0.05, 0.1) is 18.8 Å². The summed E-state index contributed by atoms with van der Waals surface area (Å²) in [5, 5.41) is 9.48. The third-order valence-electron chi connectivity index (χ3n) is 7.48. The predicted molar refractivity (Wildman–Crippen MR) is 159 cm³/mol. The molecule has 0 aromatic carbocycles. The Hall–Kier alpha value is -1.40. The molecule has 3 atom stereocenters. The predicted octanol–water partition coefficient (Wildman–Crippen LogP) is 8.38. The smallest absolute Gasteiger partial charge is 0.306 e. The molecule has 0 aromatic heterocycles. The largest absolute Gasteiger partial charge is 0.462 e. The SMILES string of the molecule is CCCCC/C=C\CC1OC1CCCCCCCC(=O)O[C@@H](CO)COC(=O)CCCCCCCCCCC. The lowest BCUT2D eigenvalue weighted by molar-refractivity contribution is -0.161. The summed E-state index contributed by atoms with van der Waals surface area (Å²) in [7, 11) is 0. The summed E-state index contributed by atoms with van der Waals surface area (Å²) in [6.07, 6.45) is 28.6. The number of rotatable bonds is 28. The molecule has 0 spiro atoms. The van der Waals surface area contributed by atoms with E-state index in [1.165, 1.54) is 70.6 Å². The molecule has 1 N–H and O–H groups in total. The highest BCUT2D eigenvalue weighted by Gasteiger charge is 2.36. The molecule has 2 unspecified atom stereocenters. The summed E-state index contributed by atoms with van der Waals surface area (Å²) in [5.74, 6) is -0.616. The number of aliphatic hydroxyl groups excluding tert-OH is 1. The molecule has 1 saturated heterocycles. The van der Waals surface area contributed by atoms with Crippen molar-refractivity contribution in [2.24, 2.45) is 0 Å². The van der Waals surface area contributed by atoms with Crippen molar-refractivity contribution in [3.05, 3.63) is 12.2 Å². The van der Waals surface area contributed by atoms with Gasteiger partial charge < -0.3 is 19.3 Å². The molecule has 1 heterocycles. The summed E-state index contributed by atoms with van der Waals surface area (Å²) < 4.78 is 16.3. The van der Waals surface area contributed by atoms with Gasteiger partial charge in [0, 0.05) is 12.8 Å². The molecule has 228 valence electrons. The van der Waals surface area contributed by atoms with Crippen molar-refractivity contribution in [2.75, 3.05) is 13.2 Å². The molecule has 0 amide bonds. The Bertz CT molecular complexity index is 619. The fourth-order valence-electron chi connectivity index (χ4n) is 4.85. The van der Waals surface area contributed by atoms with E-state index in [0.29, 0.717) is 25.0 Å². The normalized spacial score (nSPS) is 17.4. The third kappa shape index (κ3) is 22.0. The number of unbranched alkanes of at least 4 members (excludes halogenated alkanes) is 15. The molecule has 0 aromatic rings. The Balaban J connectivity index is 1.92. The van der Waals surface area contributed by atoms with Gasteiger partial charge in [0.2, 0.25) is 0 Å². The van der Waals surface area contributed by atoms with Crippen LogP contribution >= 0.6 is 0 Å². The zero-order chi connectivity index (χ0) is 28.4. The van der Waals surface area contributed by atoms with Gasteiger partial charge in [0.25, 0.3) is 0 Å². The van der Waals surface area contributed by atoms with E-state index in [-0.39, 0.29) is 25.2 Å². The van der Waals surface area contributed by atoms with Crippen LogP contribution in [0.2, 0.25) is 0 Å². The quantitative estimate of drug-likeness (QED) is 0.0454. The van der Waals surface area contributed by atoms with Gasteiger partial charge in [-0.25, -0.2) is 0 Å². The molecule has 39 heavy (non-hydrogen) atoms. The maximum Gasteiger partial charge on any atom is 0.306 e. The van der Waals surface area contributed by atoms with E-state index in [9.17, 15) is 14.7 Å². The van der Waals surface area contributed by atoms with Crippen LogP contribution < -0.4 is 0 Å². The Morgan fingerprint density at radius 2 is 1.28 bits per heavy atom. The minimum absolute atomic E-state index is 0.0720. The number of allylic oxidation sites excluding steroid dienone is 1. The first-order chi connectivity index (χ1) is 19.1. The number of aliphatic hydroxyl groups is 1. The standard InChI is InChI=1S/C33H60O6/c1-3-5-7-9-11-12-13-17-21-25-32(35)37-28-29(27-34)38-33(36)26-22-18-14-16-20-24-31-30(39-31)23-19-15-10-8-6-4-2/h15,19,29-31,34H,3-14,16-18,20-28H2,1-2H3/b19-15-/t29-,30?,31?/m0/s1. The Kier molecular flexibility index (Phi) is 23.3. The zero-order valence-corrected chi connectivity index (χ0v) is 25.3. The second kappa shape index (κ2) is 25.6. The van der Waals surface area contributed by atoms with Crippen LogP contribution in [0.3, 0.4) is 0 Å². The lowest BCUT2D eigenvalue weighted by Gasteiger charge is -2.15. The molecule has 1 fully saturated rings. The van der Waals surface area contributed by atoms with E-state index in [4.69, 9.17) is 14.2 Å². The first kappa shape index (κ1) is 35.6. The first-order valence-corrected chi connectivity index (χ1v) is 16.4. The van der Waals surface area contributed by atoms with Crippen molar-refractivity contribution in [1.82, 2.24) is 0 Å². The number of hydrogen-bond donors (Lipinski definition) is 1. The van der Waals surface area contributed by atoms with Crippen LogP contribution in [0.5, 0.6) is 0 Å². The number of ether oxygens (including phenoxy) is 3. The van der Waals surface area contributed by atoms with Crippen molar-refractivity contribution >= 4 is 11.9 Å². The van der Waals surface area contributed by atoms with Gasteiger partial charge in [0.15, 0.2) is 6.10 Å². The van der Waals surface area contributed by atoms with E-state index >= 15 is 0 Å². The van der Waals surface area contributed by atoms with Gasteiger partial charge >= 0.3 is 11.9 Å². The van der Waals surface area contributed by atoms with Gasteiger partial charge in [-0.3, -0.25) is 9.59 Å². The van der Waals surface area contributed by atoms with Crippen LogP contribution in [0.4, 0.5) is 0 Å². The summed E-state index contributed by atoms with van der Waals surface area (Å²) in [6.45, 7) is 4.05. The minimum atomic E-state index is -0.776. The fourth-order valence-corrected chi connectivity index (χ4v) is 4.85. The first-order valence-electron chi connectivity index (χ1n) is 16.4. The monoisotopic (exact) mass is 552 g/mol.